The molecular weight excluding hydrogens is 196 g/mol. The highest BCUT2D eigenvalue weighted by Crippen LogP contribution is 2.22. The van der Waals surface area contributed by atoms with E-state index in [2.05, 4.69) is 5.32 Å². The zero-order valence-corrected chi connectivity index (χ0v) is 8.80. The number of thioether (sulfide) groups is 1. The highest BCUT2D eigenvalue weighted by atomic mass is 32.2. The van der Waals surface area contributed by atoms with Gasteiger partial charge in [0.15, 0.2) is 0 Å². The molecule has 0 spiro atoms. The normalized spacial score (nSPS) is 15.8. The van der Waals surface area contributed by atoms with E-state index >= 15 is 0 Å². The highest BCUT2D eigenvalue weighted by Gasteiger charge is 2.20. The maximum atomic E-state index is 11.4. The Kier molecular flexibility index (Phi) is 2.63. The average Bonchev–Trinajstić information content (AvgIpc) is 2.65. The SMILES string of the molecule is CSc1cccc(N2CCNC2=O)c1. The van der Waals surface area contributed by atoms with Gasteiger partial charge < -0.3 is 5.32 Å². The molecule has 1 fully saturated rings. The number of amides is 2. The first-order valence-electron chi connectivity index (χ1n) is 4.50. The topological polar surface area (TPSA) is 32.3 Å². The number of rotatable bonds is 2. The van der Waals surface area contributed by atoms with Crippen LogP contribution in [0.1, 0.15) is 0 Å². The Hall–Kier alpha value is -1.16. The van der Waals surface area contributed by atoms with Gasteiger partial charge in [-0.2, -0.15) is 0 Å². The minimum Gasteiger partial charge on any atom is -0.336 e. The van der Waals surface area contributed by atoms with Crippen molar-refractivity contribution in [3.8, 4) is 0 Å². The van der Waals surface area contributed by atoms with Crippen LogP contribution in [0.25, 0.3) is 0 Å². The summed E-state index contributed by atoms with van der Waals surface area (Å²) in [6.07, 6.45) is 2.03. The van der Waals surface area contributed by atoms with Crippen molar-refractivity contribution in [3.63, 3.8) is 0 Å². The number of nitrogens with zero attached hydrogens (tertiary/aromatic N) is 1. The van der Waals surface area contributed by atoms with Gasteiger partial charge in [0.05, 0.1) is 0 Å². The molecule has 74 valence electrons. The van der Waals surface area contributed by atoms with Gasteiger partial charge >= 0.3 is 6.03 Å². The standard InChI is InChI=1S/C10H12N2OS/c1-14-9-4-2-3-8(7-9)12-6-5-11-10(12)13/h2-4,7H,5-6H2,1H3,(H,11,13). The van der Waals surface area contributed by atoms with E-state index in [0.29, 0.717) is 0 Å². The van der Waals surface area contributed by atoms with Crippen molar-refractivity contribution in [2.45, 2.75) is 4.90 Å². The average molecular weight is 208 g/mol. The molecule has 1 aliphatic heterocycles. The molecule has 2 amide bonds. The maximum absolute atomic E-state index is 11.4. The van der Waals surface area contributed by atoms with Crippen LogP contribution in [0.15, 0.2) is 29.2 Å². The van der Waals surface area contributed by atoms with Gasteiger partial charge in [0.1, 0.15) is 0 Å². The van der Waals surface area contributed by atoms with E-state index in [1.807, 2.05) is 30.5 Å². The number of urea groups is 1. The molecule has 0 aliphatic carbocycles. The molecule has 0 bridgehead atoms. The molecule has 1 aromatic carbocycles. The molecule has 1 saturated heterocycles. The number of carbonyl (C=O) groups excluding carboxylic acids is 1. The summed E-state index contributed by atoms with van der Waals surface area (Å²) in [4.78, 5) is 14.3. The molecular formula is C10H12N2OS. The van der Waals surface area contributed by atoms with Crippen molar-refractivity contribution < 1.29 is 4.79 Å². The largest absolute Gasteiger partial charge is 0.336 e. The molecule has 1 aliphatic rings. The first-order chi connectivity index (χ1) is 6.81. The van der Waals surface area contributed by atoms with E-state index in [9.17, 15) is 4.79 Å². The number of benzene rings is 1. The predicted octanol–water partition coefficient (Wildman–Crippen LogP) is 1.94. The molecule has 1 aromatic rings. The summed E-state index contributed by atoms with van der Waals surface area (Å²) in [7, 11) is 0. The number of nitrogens with one attached hydrogen (secondary N) is 1. The molecule has 0 unspecified atom stereocenters. The van der Waals surface area contributed by atoms with Gasteiger partial charge in [0, 0.05) is 23.7 Å². The molecule has 0 aromatic heterocycles. The Morgan fingerprint density at radius 2 is 2.36 bits per heavy atom. The number of hydrogen-bond acceptors (Lipinski definition) is 2. The Balaban J connectivity index is 2.26. The smallest absolute Gasteiger partial charge is 0.321 e. The van der Waals surface area contributed by atoms with Gasteiger partial charge in [-0.25, -0.2) is 4.79 Å². The summed E-state index contributed by atoms with van der Waals surface area (Å²) in [6.45, 7) is 1.50. The monoisotopic (exact) mass is 208 g/mol. The van der Waals surface area contributed by atoms with E-state index in [1.165, 1.54) is 4.90 Å². The molecule has 1 heterocycles. The Morgan fingerprint density at radius 3 is 3.00 bits per heavy atom. The van der Waals surface area contributed by atoms with E-state index in [4.69, 9.17) is 0 Å². The minimum atomic E-state index is 0.00301. The van der Waals surface area contributed by atoms with Crippen LogP contribution in [0.2, 0.25) is 0 Å². The van der Waals surface area contributed by atoms with Crippen molar-refractivity contribution in [2.75, 3.05) is 24.2 Å². The molecule has 0 radical (unpaired) electrons. The van der Waals surface area contributed by atoms with Crippen molar-refractivity contribution >= 4 is 23.5 Å². The number of carbonyl (C=O) groups is 1. The van der Waals surface area contributed by atoms with Crippen LogP contribution in [-0.4, -0.2) is 25.4 Å². The Bertz CT molecular complexity index is 354. The van der Waals surface area contributed by atoms with Gasteiger partial charge in [0.25, 0.3) is 0 Å². The fourth-order valence-corrected chi connectivity index (χ4v) is 1.95. The fraction of sp³-hybridized carbons (Fsp3) is 0.300. The molecule has 3 nitrogen and oxygen atoms in total. The molecule has 4 heteroatoms. The second-order valence-corrected chi connectivity index (χ2v) is 3.96. The lowest BCUT2D eigenvalue weighted by molar-refractivity contribution is 0.252. The highest BCUT2D eigenvalue weighted by molar-refractivity contribution is 7.98. The Labute approximate surface area is 87.5 Å². The fourth-order valence-electron chi connectivity index (χ4n) is 1.50. The van der Waals surface area contributed by atoms with Crippen molar-refractivity contribution in [1.82, 2.24) is 5.32 Å². The zero-order valence-electron chi connectivity index (χ0n) is 7.99. The van der Waals surface area contributed by atoms with Crippen LogP contribution in [0, 0.1) is 0 Å². The van der Waals surface area contributed by atoms with Crippen molar-refractivity contribution in [2.24, 2.45) is 0 Å². The summed E-state index contributed by atoms with van der Waals surface area (Å²) < 4.78 is 0. The quantitative estimate of drug-likeness (QED) is 0.753. The third-order valence-electron chi connectivity index (χ3n) is 2.22. The molecule has 2 rings (SSSR count). The summed E-state index contributed by atoms with van der Waals surface area (Å²) in [5, 5.41) is 2.79. The van der Waals surface area contributed by atoms with Gasteiger partial charge in [-0.3, -0.25) is 4.90 Å². The van der Waals surface area contributed by atoms with E-state index in [-0.39, 0.29) is 6.03 Å². The second-order valence-electron chi connectivity index (χ2n) is 3.09. The van der Waals surface area contributed by atoms with Gasteiger partial charge in [-0.05, 0) is 24.5 Å². The predicted molar refractivity (Wildman–Crippen MR) is 59.0 cm³/mol. The van der Waals surface area contributed by atoms with E-state index in [0.717, 1.165) is 18.8 Å². The van der Waals surface area contributed by atoms with E-state index < -0.39 is 0 Å². The Morgan fingerprint density at radius 1 is 1.50 bits per heavy atom. The summed E-state index contributed by atoms with van der Waals surface area (Å²) >= 11 is 1.68. The van der Waals surface area contributed by atoms with Crippen molar-refractivity contribution in [1.29, 1.82) is 0 Å². The second kappa shape index (κ2) is 3.92. The molecule has 14 heavy (non-hydrogen) atoms. The van der Waals surface area contributed by atoms with E-state index in [1.54, 1.807) is 16.7 Å². The lowest BCUT2D eigenvalue weighted by Crippen LogP contribution is -2.27. The minimum absolute atomic E-state index is 0.00301. The van der Waals surface area contributed by atoms with Gasteiger partial charge in [-0.1, -0.05) is 6.07 Å². The number of anilines is 1. The van der Waals surface area contributed by atoms with Crippen molar-refractivity contribution in [3.05, 3.63) is 24.3 Å². The zero-order chi connectivity index (χ0) is 9.97. The third kappa shape index (κ3) is 1.70. The van der Waals surface area contributed by atoms with Crippen LogP contribution in [0.4, 0.5) is 10.5 Å². The first-order valence-corrected chi connectivity index (χ1v) is 5.73. The summed E-state index contributed by atoms with van der Waals surface area (Å²) in [5.74, 6) is 0. The van der Waals surface area contributed by atoms with Crippen LogP contribution >= 0.6 is 11.8 Å². The van der Waals surface area contributed by atoms with Crippen LogP contribution in [0.3, 0.4) is 0 Å². The molecule has 1 N–H and O–H groups in total. The summed E-state index contributed by atoms with van der Waals surface area (Å²) in [6, 6.07) is 8.03. The number of hydrogen-bond donors (Lipinski definition) is 1. The summed E-state index contributed by atoms with van der Waals surface area (Å²) in [5.41, 5.74) is 0.979. The van der Waals surface area contributed by atoms with Gasteiger partial charge in [0.2, 0.25) is 0 Å². The lowest BCUT2D eigenvalue weighted by Gasteiger charge is -2.14. The maximum Gasteiger partial charge on any atom is 0.321 e. The van der Waals surface area contributed by atoms with Gasteiger partial charge in [-0.15, -0.1) is 11.8 Å². The lowest BCUT2D eigenvalue weighted by atomic mass is 10.3. The van der Waals surface area contributed by atoms with Crippen LogP contribution in [0.5, 0.6) is 0 Å². The third-order valence-corrected chi connectivity index (χ3v) is 2.95. The molecule has 0 atom stereocenters. The first kappa shape index (κ1) is 9.40. The van der Waals surface area contributed by atoms with Crippen LogP contribution < -0.4 is 10.2 Å². The molecule has 0 saturated carbocycles. The van der Waals surface area contributed by atoms with Crippen LogP contribution in [-0.2, 0) is 0 Å².